The maximum atomic E-state index is 5.53. The van der Waals surface area contributed by atoms with Crippen LogP contribution in [-0.2, 0) is 19.4 Å². The van der Waals surface area contributed by atoms with Crippen molar-refractivity contribution in [1.29, 1.82) is 0 Å². The Balaban J connectivity index is 1.92. The Morgan fingerprint density at radius 1 is 1.12 bits per heavy atom. The maximum Gasteiger partial charge on any atom is 0.161 e. The second-order valence-corrected chi connectivity index (χ2v) is 6.51. The molecule has 0 N–H and O–H groups in total. The quantitative estimate of drug-likeness (QED) is 0.713. The Morgan fingerprint density at radius 2 is 1.88 bits per heavy atom. The number of rotatable bonds is 4. The highest BCUT2D eigenvalue weighted by atomic mass is 16.5. The van der Waals surface area contributed by atoms with Gasteiger partial charge in [-0.15, -0.1) is 0 Å². The summed E-state index contributed by atoms with van der Waals surface area (Å²) in [5.74, 6) is 2.53. The minimum Gasteiger partial charge on any atom is -0.493 e. The van der Waals surface area contributed by atoms with Crippen molar-refractivity contribution in [2.24, 2.45) is 0 Å². The SMILES string of the molecule is CCc1ccc(-c2nc(C)n3c2-c2cc(OC)c(OC)cc2CC3)cn1. The normalized spacial score (nSPS) is 12.5. The van der Waals surface area contributed by atoms with Crippen LogP contribution in [0.4, 0.5) is 0 Å². The lowest BCUT2D eigenvalue weighted by atomic mass is 9.95. The molecular weight excluding hydrogens is 326 g/mol. The van der Waals surface area contributed by atoms with Gasteiger partial charge in [0.05, 0.1) is 25.6 Å². The van der Waals surface area contributed by atoms with Gasteiger partial charge in [-0.3, -0.25) is 4.98 Å². The monoisotopic (exact) mass is 349 g/mol. The van der Waals surface area contributed by atoms with Gasteiger partial charge in [-0.05, 0) is 49.6 Å². The van der Waals surface area contributed by atoms with Gasteiger partial charge in [-0.25, -0.2) is 4.98 Å². The predicted octanol–water partition coefficient (Wildman–Crippen LogP) is 4.06. The molecule has 0 atom stereocenters. The zero-order valence-electron chi connectivity index (χ0n) is 15.7. The van der Waals surface area contributed by atoms with Crippen LogP contribution in [0.25, 0.3) is 22.5 Å². The van der Waals surface area contributed by atoms with Crippen molar-refractivity contribution in [3.8, 4) is 34.0 Å². The molecule has 5 heteroatoms. The van der Waals surface area contributed by atoms with Gasteiger partial charge in [-0.1, -0.05) is 6.92 Å². The van der Waals surface area contributed by atoms with Crippen LogP contribution < -0.4 is 9.47 Å². The molecule has 0 radical (unpaired) electrons. The number of imidazole rings is 1. The van der Waals surface area contributed by atoms with Crippen molar-refractivity contribution in [1.82, 2.24) is 14.5 Å². The van der Waals surface area contributed by atoms with Gasteiger partial charge in [-0.2, -0.15) is 0 Å². The van der Waals surface area contributed by atoms with E-state index < -0.39 is 0 Å². The predicted molar refractivity (Wildman–Crippen MR) is 102 cm³/mol. The smallest absolute Gasteiger partial charge is 0.161 e. The highest BCUT2D eigenvalue weighted by Gasteiger charge is 2.26. The lowest BCUT2D eigenvalue weighted by Crippen LogP contribution is -2.12. The first kappa shape index (κ1) is 16.6. The fraction of sp³-hybridized carbons (Fsp3) is 0.333. The topological polar surface area (TPSA) is 49.2 Å². The number of aryl methyl sites for hydroxylation is 3. The summed E-state index contributed by atoms with van der Waals surface area (Å²) in [6, 6.07) is 8.35. The van der Waals surface area contributed by atoms with E-state index in [1.165, 1.54) is 5.56 Å². The van der Waals surface area contributed by atoms with Gasteiger partial charge in [0, 0.05) is 29.6 Å². The fourth-order valence-corrected chi connectivity index (χ4v) is 3.67. The van der Waals surface area contributed by atoms with Crippen molar-refractivity contribution in [3.05, 3.63) is 47.5 Å². The number of hydrogen-bond donors (Lipinski definition) is 0. The molecule has 4 rings (SSSR count). The maximum absolute atomic E-state index is 5.53. The molecule has 0 aliphatic carbocycles. The summed E-state index contributed by atoms with van der Waals surface area (Å²) in [4.78, 5) is 9.42. The molecule has 5 nitrogen and oxygen atoms in total. The number of methoxy groups -OCH3 is 2. The molecule has 3 heterocycles. The van der Waals surface area contributed by atoms with E-state index in [-0.39, 0.29) is 0 Å². The van der Waals surface area contributed by atoms with Crippen molar-refractivity contribution >= 4 is 0 Å². The molecule has 0 spiro atoms. The summed E-state index contributed by atoms with van der Waals surface area (Å²) < 4.78 is 13.3. The summed E-state index contributed by atoms with van der Waals surface area (Å²) in [7, 11) is 3.35. The Morgan fingerprint density at radius 3 is 2.54 bits per heavy atom. The molecule has 134 valence electrons. The minimum absolute atomic E-state index is 0.740. The molecule has 0 fully saturated rings. The van der Waals surface area contributed by atoms with Crippen molar-refractivity contribution in [2.45, 2.75) is 33.2 Å². The van der Waals surface area contributed by atoms with Crippen LogP contribution in [0.15, 0.2) is 30.5 Å². The Bertz CT molecular complexity index is 958. The molecule has 0 saturated heterocycles. The van der Waals surface area contributed by atoms with Crippen LogP contribution in [0.3, 0.4) is 0 Å². The molecule has 0 saturated carbocycles. The lowest BCUT2D eigenvalue weighted by Gasteiger charge is -2.22. The van der Waals surface area contributed by atoms with E-state index in [1.807, 2.05) is 6.20 Å². The zero-order chi connectivity index (χ0) is 18.3. The van der Waals surface area contributed by atoms with E-state index in [9.17, 15) is 0 Å². The molecule has 26 heavy (non-hydrogen) atoms. The number of hydrogen-bond acceptors (Lipinski definition) is 4. The standard InChI is InChI=1S/C21H23N3O2/c1-5-16-7-6-15(12-22-16)20-21-17-11-19(26-4)18(25-3)10-14(17)8-9-24(21)13(2)23-20/h6-7,10-12H,5,8-9H2,1-4H3. The van der Waals surface area contributed by atoms with Gasteiger partial charge < -0.3 is 14.0 Å². The molecule has 1 aromatic carbocycles. The van der Waals surface area contributed by atoms with Gasteiger partial charge in [0.1, 0.15) is 5.82 Å². The van der Waals surface area contributed by atoms with Crippen molar-refractivity contribution in [3.63, 3.8) is 0 Å². The van der Waals surface area contributed by atoms with Gasteiger partial charge in [0.2, 0.25) is 0 Å². The van der Waals surface area contributed by atoms with E-state index in [2.05, 4.69) is 47.7 Å². The first-order chi connectivity index (χ1) is 12.7. The summed E-state index contributed by atoms with van der Waals surface area (Å²) in [5.41, 5.74) is 6.66. The summed E-state index contributed by atoms with van der Waals surface area (Å²) in [6.07, 6.45) is 3.81. The number of benzene rings is 1. The van der Waals surface area contributed by atoms with Gasteiger partial charge in [0.15, 0.2) is 11.5 Å². The number of ether oxygens (including phenoxy) is 2. The van der Waals surface area contributed by atoms with Crippen molar-refractivity contribution in [2.75, 3.05) is 14.2 Å². The van der Waals surface area contributed by atoms with E-state index in [0.29, 0.717) is 0 Å². The summed E-state index contributed by atoms with van der Waals surface area (Å²) in [6.45, 7) is 5.09. The third-order valence-corrected chi connectivity index (χ3v) is 5.09. The van der Waals surface area contributed by atoms with E-state index >= 15 is 0 Å². The number of nitrogens with zero attached hydrogens (tertiary/aromatic N) is 3. The number of fused-ring (bicyclic) bond motifs is 3. The second-order valence-electron chi connectivity index (χ2n) is 6.51. The van der Waals surface area contributed by atoms with E-state index in [0.717, 1.165) is 64.9 Å². The molecule has 0 unspecified atom stereocenters. The largest absolute Gasteiger partial charge is 0.493 e. The van der Waals surface area contributed by atoms with Gasteiger partial charge in [0.25, 0.3) is 0 Å². The Hall–Kier alpha value is -2.82. The molecular formula is C21H23N3O2. The molecule has 2 aromatic heterocycles. The van der Waals surface area contributed by atoms with Crippen LogP contribution >= 0.6 is 0 Å². The first-order valence-electron chi connectivity index (χ1n) is 8.94. The molecule has 0 amide bonds. The summed E-state index contributed by atoms with van der Waals surface area (Å²) >= 11 is 0. The van der Waals surface area contributed by atoms with Crippen LogP contribution in [-0.4, -0.2) is 28.8 Å². The second kappa shape index (κ2) is 6.48. The fourth-order valence-electron chi connectivity index (χ4n) is 3.67. The van der Waals surface area contributed by atoms with Crippen LogP contribution in [0.2, 0.25) is 0 Å². The molecule has 1 aliphatic heterocycles. The highest BCUT2D eigenvalue weighted by Crippen LogP contribution is 2.42. The average Bonchev–Trinajstić information content (AvgIpc) is 3.03. The Labute approximate surface area is 153 Å². The van der Waals surface area contributed by atoms with E-state index in [4.69, 9.17) is 14.5 Å². The number of pyridine rings is 1. The Kier molecular flexibility index (Phi) is 4.15. The number of aromatic nitrogens is 3. The third-order valence-electron chi connectivity index (χ3n) is 5.09. The van der Waals surface area contributed by atoms with Gasteiger partial charge >= 0.3 is 0 Å². The summed E-state index contributed by atoms with van der Waals surface area (Å²) in [5, 5.41) is 0. The lowest BCUT2D eigenvalue weighted by molar-refractivity contribution is 0.354. The van der Waals surface area contributed by atoms with E-state index in [1.54, 1.807) is 14.2 Å². The minimum atomic E-state index is 0.740. The zero-order valence-corrected chi connectivity index (χ0v) is 15.7. The molecule has 0 bridgehead atoms. The molecule has 1 aliphatic rings. The van der Waals surface area contributed by atoms with Crippen LogP contribution in [0, 0.1) is 6.92 Å². The third kappa shape index (κ3) is 2.55. The van der Waals surface area contributed by atoms with Crippen LogP contribution in [0.1, 0.15) is 24.0 Å². The first-order valence-corrected chi connectivity index (χ1v) is 8.94. The highest BCUT2D eigenvalue weighted by molar-refractivity contribution is 5.82. The van der Waals surface area contributed by atoms with Crippen molar-refractivity contribution < 1.29 is 9.47 Å². The van der Waals surface area contributed by atoms with Crippen LogP contribution in [0.5, 0.6) is 11.5 Å². The molecule has 3 aromatic rings. The average molecular weight is 349 g/mol.